The zero-order valence-electron chi connectivity index (χ0n) is 12.7. The molecular weight excluding hydrogens is 308 g/mol. The second-order valence-corrected chi connectivity index (χ2v) is 5.48. The number of likely N-dealkylation sites (tertiary alicyclic amines) is 1. The summed E-state index contributed by atoms with van der Waals surface area (Å²) in [7, 11) is 1.27. The Labute approximate surface area is 132 Å². The fourth-order valence-corrected chi connectivity index (χ4v) is 2.91. The number of halogens is 2. The Morgan fingerprint density at radius 2 is 2.13 bits per heavy atom. The molecule has 0 bridgehead atoms. The highest BCUT2D eigenvalue weighted by Gasteiger charge is 2.40. The maximum absolute atomic E-state index is 14.0. The molecule has 2 atom stereocenters. The number of methoxy groups -OCH3 is 1. The molecule has 2 rings (SSSR count). The maximum Gasteiger partial charge on any atom is 0.310 e. The molecule has 1 aromatic rings. The van der Waals surface area contributed by atoms with Crippen molar-refractivity contribution in [3.8, 4) is 0 Å². The van der Waals surface area contributed by atoms with Crippen molar-refractivity contribution in [1.29, 1.82) is 0 Å². The van der Waals surface area contributed by atoms with Crippen LogP contribution in [0.5, 0.6) is 0 Å². The first-order chi connectivity index (χ1) is 11.0. The van der Waals surface area contributed by atoms with E-state index in [2.05, 4.69) is 0 Å². The van der Waals surface area contributed by atoms with Gasteiger partial charge in [-0.2, -0.15) is 0 Å². The summed E-state index contributed by atoms with van der Waals surface area (Å²) in [6, 6.07) is 3.31. The number of nitrogens with one attached hydrogen (secondary N) is 1. The van der Waals surface area contributed by atoms with Crippen molar-refractivity contribution in [1.82, 2.24) is 10.3 Å². The molecule has 1 amide bonds. The van der Waals surface area contributed by atoms with Crippen molar-refractivity contribution in [3.63, 3.8) is 0 Å². The summed E-state index contributed by atoms with van der Waals surface area (Å²) in [4.78, 5) is 25.1. The van der Waals surface area contributed by atoms with Crippen molar-refractivity contribution in [3.05, 3.63) is 35.4 Å². The maximum atomic E-state index is 14.0. The van der Waals surface area contributed by atoms with Crippen LogP contribution in [-0.4, -0.2) is 43.5 Å². The molecule has 0 aromatic heterocycles. The number of nitrogens with zero attached hydrogens (tertiary/aromatic N) is 1. The molecule has 1 aliphatic heterocycles. The second kappa shape index (κ2) is 7.47. The van der Waals surface area contributed by atoms with Crippen LogP contribution in [0.15, 0.2) is 18.2 Å². The summed E-state index contributed by atoms with van der Waals surface area (Å²) in [5.41, 5.74) is 2.30. The first kappa shape index (κ1) is 17.3. The highest BCUT2D eigenvalue weighted by molar-refractivity contribution is 5.76. The lowest BCUT2D eigenvalue weighted by Crippen LogP contribution is -2.34. The van der Waals surface area contributed by atoms with Gasteiger partial charge in [-0.15, -0.1) is 0 Å². The third-order valence-electron chi connectivity index (χ3n) is 4.08. The number of hydrogen-bond donors (Lipinski definition) is 2. The Balaban J connectivity index is 2.17. The van der Waals surface area contributed by atoms with Gasteiger partial charge in [-0.3, -0.25) is 15.0 Å². The predicted octanol–water partition coefficient (Wildman–Crippen LogP) is 0.533. The van der Waals surface area contributed by atoms with Crippen LogP contribution < -0.4 is 11.3 Å². The third kappa shape index (κ3) is 4.02. The van der Waals surface area contributed by atoms with Crippen molar-refractivity contribution in [2.75, 3.05) is 26.7 Å². The minimum atomic E-state index is -0.689. The van der Waals surface area contributed by atoms with Gasteiger partial charge in [0.15, 0.2) is 0 Å². The minimum Gasteiger partial charge on any atom is -0.469 e. The molecule has 0 radical (unpaired) electrons. The van der Waals surface area contributed by atoms with Crippen LogP contribution in [0.3, 0.4) is 0 Å². The largest absolute Gasteiger partial charge is 0.469 e. The fourth-order valence-electron chi connectivity index (χ4n) is 2.91. The number of benzene rings is 1. The first-order valence-electron chi connectivity index (χ1n) is 7.20. The molecule has 0 saturated carbocycles. The van der Waals surface area contributed by atoms with Gasteiger partial charge in [-0.05, 0) is 11.6 Å². The van der Waals surface area contributed by atoms with Crippen LogP contribution in [-0.2, 0) is 14.3 Å². The topological polar surface area (TPSA) is 84.7 Å². The van der Waals surface area contributed by atoms with Gasteiger partial charge < -0.3 is 9.64 Å². The van der Waals surface area contributed by atoms with Gasteiger partial charge in [0.2, 0.25) is 5.91 Å². The van der Waals surface area contributed by atoms with Crippen LogP contribution in [0.2, 0.25) is 0 Å². The normalized spacial score (nSPS) is 21.2. The van der Waals surface area contributed by atoms with Gasteiger partial charge in [-0.25, -0.2) is 14.6 Å². The molecule has 1 aromatic carbocycles. The number of rotatable bonds is 5. The predicted molar refractivity (Wildman–Crippen MR) is 78.0 cm³/mol. The van der Waals surface area contributed by atoms with Crippen molar-refractivity contribution in [2.45, 2.75) is 12.3 Å². The van der Waals surface area contributed by atoms with Crippen LogP contribution in [0, 0.1) is 17.6 Å². The van der Waals surface area contributed by atoms with E-state index < -0.39 is 29.4 Å². The standard InChI is InChI=1S/C15H19F2N3O3/c1-23-15(22)12-8-20(5-4-14(21)19-18)7-11(12)10-3-2-9(16)6-13(10)17/h2-3,6,11-12H,4-5,7-8,18H2,1H3,(H,19,21)/t11-,12+/m0/s1. The minimum absolute atomic E-state index is 0.170. The Bertz CT molecular complexity index is 597. The van der Waals surface area contributed by atoms with Crippen molar-refractivity contribution >= 4 is 11.9 Å². The van der Waals surface area contributed by atoms with E-state index in [1.165, 1.54) is 13.2 Å². The average molecular weight is 327 g/mol. The Kier molecular flexibility index (Phi) is 5.62. The van der Waals surface area contributed by atoms with Gasteiger partial charge in [0.05, 0.1) is 13.0 Å². The molecule has 1 aliphatic rings. The van der Waals surface area contributed by atoms with E-state index in [-0.39, 0.29) is 17.9 Å². The molecule has 1 fully saturated rings. The van der Waals surface area contributed by atoms with E-state index in [0.29, 0.717) is 19.6 Å². The molecular formula is C15H19F2N3O3. The summed E-state index contributed by atoms with van der Waals surface area (Å²) >= 11 is 0. The van der Waals surface area contributed by atoms with Gasteiger partial charge in [0.25, 0.3) is 0 Å². The van der Waals surface area contributed by atoms with E-state index in [1.54, 1.807) is 0 Å². The van der Waals surface area contributed by atoms with E-state index >= 15 is 0 Å². The number of amides is 1. The van der Waals surface area contributed by atoms with E-state index in [0.717, 1.165) is 12.1 Å². The number of esters is 1. The summed E-state index contributed by atoms with van der Waals surface area (Å²) in [5.74, 6) is 1.87. The van der Waals surface area contributed by atoms with Crippen LogP contribution in [0.4, 0.5) is 8.78 Å². The third-order valence-corrected chi connectivity index (χ3v) is 4.08. The van der Waals surface area contributed by atoms with E-state index in [1.807, 2.05) is 10.3 Å². The number of ether oxygens (including phenoxy) is 1. The molecule has 3 N–H and O–H groups in total. The van der Waals surface area contributed by atoms with Gasteiger partial charge in [-0.1, -0.05) is 6.07 Å². The van der Waals surface area contributed by atoms with Crippen molar-refractivity contribution < 1.29 is 23.1 Å². The molecule has 6 nitrogen and oxygen atoms in total. The molecule has 1 saturated heterocycles. The summed E-state index contributed by atoms with van der Waals surface area (Å²) in [6.45, 7) is 1.10. The molecule has 126 valence electrons. The lowest BCUT2D eigenvalue weighted by molar-refractivity contribution is -0.145. The van der Waals surface area contributed by atoms with E-state index in [4.69, 9.17) is 10.6 Å². The van der Waals surface area contributed by atoms with Crippen LogP contribution in [0.1, 0.15) is 17.9 Å². The van der Waals surface area contributed by atoms with Gasteiger partial charge in [0.1, 0.15) is 11.6 Å². The number of hydrazine groups is 1. The number of carbonyl (C=O) groups excluding carboxylic acids is 2. The SMILES string of the molecule is COC(=O)[C@@H]1CN(CCC(=O)NN)C[C@H]1c1ccc(F)cc1F. The van der Waals surface area contributed by atoms with Gasteiger partial charge >= 0.3 is 5.97 Å². The average Bonchev–Trinajstić information content (AvgIpc) is 2.95. The molecule has 23 heavy (non-hydrogen) atoms. The number of carbonyl (C=O) groups is 2. The zero-order valence-corrected chi connectivity index (χ0v) is 12.7. The Morgan fingerprint density at radius 1 is 1.39 bits per heavy atom. The summed E-state index contributed by atoms with van der Waals surface area (Å²) < 4.78 is 31.9. The molecule has 1 heterocycles. The Hall–Kier alpha value is -2.06. The Morgan fingerprint density at radius 3 is 2.74 bits per heavy atom. The smallest absolute Gasteiger partial charge is 0.310 e. The monoisotopic (exact) mass is 327 g/mol. The van der Waals surface area contributed by atoms with E-state index in [9.17, 15) is 18.4 Å². The van der Waals surface area contributed by atoms with Crippen molar-refractivity contribution in [2.24, 2.45) is 11.8 Å². The first-order valence-corrected chi connectivity index (χ1v) is 7.20. The highest BCUT2D eigenvalue weighted by Crippen LogP contribution is 2.35. The molecule has 8 heteroatoms. The summed E-state index contributed by atoms with van der Waals surface area (Å²) in [5, 5.41) is 0. The number of hydrogen-bond acceptors (Lipinski definition) is 5. The zero-order chi connectivity index (χ0) is 17.0. The highest BCUT2D eigenvalue weighted by atomic mass is 19.1. The fraction of sp³-hybridized carbons (Fsp3) is 0.467. The molecule has 0 aliphatic carbocycles. The van der Waals surface area contributed by atoms with Crippen LogP contribution in [0.25, 0.3) is 0 Å². The molecule has 0 unspecified atom stereocenters. The quantitative estimate of drug-likeness (QED) is 0.357. The summed E-state index contributed by atoms with van der Waals surface area (Å²) in [6.07, 6.45) is 0.170. The molecule has 0 spiro atoms. The lowest BCUT2D eigenvalue weighted by atomic mass is 9.88. The lowest BCUT2D eigenvalue weighted by Gasteiger charge is -2.17. The second-order valence-electron chi connectivity index (χ2n) is 5.48. The van der Waals surface area contributed by atoms with Gasteiger partial charge in [0, 0.05) is 38.0 Å². The van der Waals surface area contributed by atoms with Crippen LogP contribution >= 0.6 is 0 Å². The number of nitrogens with two attached hydrogens (primary N) is 1.